The summed E-state index contributed by atoms with van der Waals surface area (Å²) in [5.74, 6) is 0. The van der Waals surface area contributed by atoms with E-state index >= 15 is 0 Å². The van der Waals surface area contributed by atoms with Crippen molar-refractivity contribution >= 4 is 22.2 Å². The van der Waals surface area contributed by atoms with Crippen molar-refractivity contribution in [3.05, 3.63) is 69.6 Å². The first-order valence-electron chi connectivity index (χ1n) is 7.66. The maximum absolute atomic E-state index is 12.6. The van der Waals surface area contributed by atoms with Crippen LogP contribution in [-0.4, -0.2) is 15.5 Å². The molecule has 2 aromatic carbocycles. The first kappa shape index (κ1) is 17.2. The van der Waals surface area contributed by atoms with Gasteiger partial charge in [-0.15, -0.1) is 11.6 Å². The summed E-state index contributed by atoms with van der Waals surface area (Å²) in [6.07, 6.45) is 0.732. The van der Waals surface area contributed by atoms with Crippen molar-refractivity contribution in [2.45, 2.75) is 26.8 Å². The van der Waals surface area contributed by atoms with Crippen LogP contribution in [0.5, 0.6) is 0 Å². The molecule has 0 aliphatic carbocycles. The Kier molecular flexibility index (Phi) is 4.79. The van der Waals surface area contributed by atoms with Crippen LogP contribution in [0.25, 0.3) is 10.8 Å². The van der Waals surface area contributed by atoms with E-state index in [0.29, 0.717) is 11.9 Å². The molecule has 0 atom stereocenters. The third kappa shape index (κ3) is 3.01. The molecule has 0 N–H and O–H groups in total. The van der Waals surface area contributed by atoms with Gasteiger partial charge in [0.05, 0.1) is 17.6 Å². The molecular formula is C19H16N3OY+2. The zero-order chi connectivity index (χ0) is 16.0. The molecule has 114 valence electrons. The fourth-order valence-electron chi connectivity index (χ4n) is 3.05. The summed E-state index contributed by atoms with van der Waals surface area (Å²) in [4.78, 5) is 17.3. The van der Waals surface area contributed by atoms with Crippen molar-refractivity contribution in [1.29, 1.82) is 0 Å². The topological polar surface area (TPSA) is 47.2 Å². The van der Waals surface area contributed by atoms with Crippen LogP contribution in [0.3, 0.4) is 0 Å². The zero-order valence-electron chi connectivity index (χ0n) is 13.7. The molecule has 2 heterocycles. The Morgan fingerprint density at radius 2 is 1.96 bits per heavy atom. The van der Waals surface area contributed by atoms with Crippen molar-refractivity contribution in [2.24, 2.45) is 4.99 Å². The monoisotopic (exact) mass is 391 g/mol. The summed E-state index contributed by atoms with van der Waals surface area (Å²) in [6.45, 7) is 4.38. The Hall–Kier alpha value is -1.65. The second kappa shape index (κ2) is 6.69. The predicted molar refractivity (Wildman–Crippen MR) is 91.6 cm³/mol. The van der Waals surface area contributed by atoms with E-state index in [0.717, 1.165) is 40.0 Å². The normalized spacial score (nSPS) is 12.7. The molecule has 5 heteroatoms. The third-order valence-electron chi connectivity index (χ3n) is 4.19. The van der Waals surface area contributed by atoms with Gasteiger partial charge in [0.25, 0.3) is 5.56 Å². The second-order valence-electron chi connectivity index (χ2n) is 5.99. The van der Waals surface area contributed by atoms with Crippen molar-refractivity contribution in [3.8, 4) is 0 Å². The Morgan fingerprint density at radius 1 is 1.21 bits per heavy atom. The van der Waals surface area contributed by atoms with Crippen molar-refractivity contribution in [2.75, 3.05) is 0 Å². The zero-order valence-corrected chi connectivity index (χ0v) is 16.5. The Balaban J connectivity index is 0.00000169. The molecule has 0 saturated carbocycles. The van der Waals surface area contributed by atoms with Crippen LogP contribution in [0.1, 0.15) is 16.8 Å². The number of aliphatic imine (C=N–C) groups is 1. The van der Waals surface area contributed by atoms with Gasteiger partial charge in [0.2, 0.25) is 0 Å². The maximum atomic E-state index is 12.6. The standard InChI is InChI=1S/C19H16N3O.Y/c1-12-7-8-14-10-15(20-18(14)9-12)11-22-19(23)17-6-4-3-5-16(17)13(2)21-22;/h3-7,9H,10-11H2,1-2H3;/q-1;+3. The van der Waals surface area contributed by atoms with Crippen LogP contribution in [-0.2, 0) is 45.7 Å². The minimum atomic E-state index is -0.0648. The van der Waals surface area contributed by atoms with E-state index in [1.165, 1.54) is 4.68 Å². The average molecular weight is 391 g/mol. The Bertz CT molecular complexity index is 1020. The molecule has 0 saturated heterocycles. The summed E-state index contributed by atoms with van der Waals surface area (Å²) in [7, 11) is 0. The fraction of sp³-hybridized carbons (Fsp3) is 0.211. The Labute approximate surface area is 165 Å². The minimum absolute atomic E-state index is 0. The van der Waals surface area contributed by atoms with Crippen LogP contribution >= 0.6 is 0 Å². The van der Waals surface area contributed by atoms with E-state index < -0.39 is 0 Å². The van der Waals surface area contributed by atoms with E-state index in [4.69, 9.17) is 0 Å². The van der Waals surface area contributed by atoms with E-state index in [9.17, 15) is 4.79 Å². The van der Waals surface area contributed by atoms with Gasteiger partial charge in [-0.05, 0) is 25.1 Å². The van der Waals surface area contributed by atoms with E-state index in [-0.39, 0.29) is 38.3 Å². The van der Waals surface area contributed by atoms with Gasteiger partial charge < -0.3 is 4.99 Å². The molecule has 0 amide bonds. The van der Waals surface area contributed by atoms with Crippen molar-refractivity contribution < 1.29 is 32.7 Å². The molecule has 1 aliphatic rings. The molecule has 1 aromatic heterocycles. The molecule has 0 radical (unpaired) electrons. The number of fused-ring (bicyclic) bond motifs is 2. The molecule has 0 spiro atoms. The van der Waals surface area contributed by atoms with Gasteiger partial charge in [0, 0.05) is 11.1 Å². The van der Waals surface area contributed by atoms with Crippen LogP contribution in [0.4, 0.5) is 5.69 Å². The van der Waals surface area contributed by atoms with Gasteiger partial charge in [-0.1, -0.05) is 25.1 Å². The van der Waals surface area contributed by atoms with Gasteiger partial charge in [0.1, 0.15) is 0 Å². The van der Waals surface area contributed by atoms with E-state index in [2.05, 4.69) is 22.2 Å². The molecular weight excluding hydrogens is 375 g/mol. The smallest absolute Gasteiger partial charge is 0.320 e. The summed E-state index contributed by atoms with van der Waals surface area (Å²) in [6, 6.07) is 14.9. The molecule has 0 unspecified atom stereocenters. The molecule has 4 nitrogen and oxygen atoms in total. The number of hydrogen-bond donors (Lipinski definition) is 0. The fourth-order valence-corrected chi connectivity index (χ4v) is 3.05. The first-order chi connectivity index (χ1) is 11.1. The SMILES string of the molecule is Cc1c[c-]c2c(c1)N=C(Cn1nc(C)c3ccccc3c1=O)C2.[Y+3]. The van der Waals surface area contributed by atoms with Crippen LogP contribution < -0.4 is 5.56 Å². The van der Waals surface area contributed by atoms with Crippen LogP contribution in [0, 0.1) is 19.9 Å². The van der Waals surface area contributed by atoms with Crippen LogP contribution in [0.15, 0.2) is 46.2 Å². The number of rotatable bonds is 2. The Morgan fingerprint density at radius 3 is 2.75 bits per heavy atom. The first-order valence-corrected chi connectivity index (χ1v) is 7.66. The average Bonchev–Trinajstić information content (AvgIpc) is 2.94. The maximum Gasteiger partial charge on any atom is 3.00 e. The number of aryl methyl sites for hydroxylation is 2. The summed E-state index contributed by atoms with van der Waals surface area (Å²) in [5.41, 5.74) is 4.95. The number of hydrogen-bond acceptors (Lipinski definition) is 3. The van der Waals surface area contributed by atoms with Gasteiger partial charge in [-0.25, -0.2) is 4.68 Å². The summed E-state index contributed by atoms with van der Waals surface area (Å²) in [5, 5.41) is 6.08. The van der Waals surface area contributed by atoms with Crippen molar-refractivity contribution in [3.63, 3.8) is 0 Å². The summed E-state index contributed by atoms with van der Waals surface area (Å²) >= 11 is 0. The quantitative estimate of drug-likeness (QED) is 0.631. The summed E-state index contributed by atoms with van der Waals surface area (Å²) < 4.78 is 1.52. The molecule has 0 fully saturated rings. The second-order valence-corrected chi connectivity index (χ2v) is 5.99. The van der Waals surface area contributed by atoms with Gasteiger partial charge in [-0.2, -0.15) is 22.8 Å². The molecule has 0 bridgehead atoms. The van der Waals surface area contributed by atoms with Gasteiger partial charge in [-0.3, -0.25) is 4.79 Å². The molecule has 24 heavy (non-hydrogen) atoms. The number of aromatic nitrogens is 2. The number of nitrogens with zero attached hydrogens (tertiary/aromatic N) is 3. The van der Waals surface area contributed by atoms with Gasteiger partial charge in [0.15, 0.2) is 0 Å². The van der Waals surface area contributed by atoms with E-state index in [1.807, 2.05) is 44.2 Å². The minimum Gasteiger partial charge on any atom is -0.320 e. The molecule has 4 rings (SSSR count). The number of benzene rings is 2. The third-order valence-corrected chi connectivity index (χ3v) is 4.19. The van der Waals surface area contributed by atoms with Crippen molar-refractivity contribution in [1.82, 2.24) is 9.78 Å². The van der Waals surface area contributed by atoms with Gasteiger partial charge >= 0.3 is 32.7 Å². The molecule has 3 aromatic rings. The van der Waals surface area contributed by atoms with Crippen LogP contribution in [0.2, 0.25) is 0 Å². The molecule has 1 aliphatic heterocycles. The van der Waals surface area contributed by atoms with E-state index in [1.54, 1.807) is 0 Å². The largest absolute Gasteiger partial charge is 3.00 e. The predicted octanol–water partition coefficient (Wildman–Crippen LogP) is 3.14.